The molecule has 2 aliphatic rings. The van der Waals surface area contributed by atoms with E-state index < -0.39 is 15.9 Å². The van der Waals surface area contributed by atoms with Crippen LogP contribution in [0.1, 0.15) is 26.2 Å². The van der Waals surface area contributed by atoms with Crippen LogP contribution >= 0.6 is 23.2 Å². The predicted octanol–water partition coefficient (Wildman–Crippen LogP) is 1.47. The van der Waals surface area contributed by atoms with Crippen LogP contribution in [0.15, 0.2) is 0 Å². The van der Waals surface area contributed by atoms with Gasteiger partial charge in [0.05, 0.1) is 18.1 Å². The lowest BCUT2D eigenvalue weighted by molar-refractivity contribution is -0.126. The molecule has 0 aromatic carbocycles. The quantitative estimate of drug-likeness (QED) is 0.700. The molecule has 0 aromatic heterocycles. The van der Waals surface area contributed by atoms with Crippen LogP contribution in [0.2, 0.25) is 0 Å². The molecule has 18 heavy (non-hydrogen) atoms. The highest BCUT2D eigenvalue weighted by molar-refractivity contribution is 6.53. The van der Waals surface area contributed by atoms with Gasteiger partial charge in [0.2, 0.25) is 5.91 Å². The van der Waals surface area contributed by atoms with Gasteiger partial charge in [-0.1, -0.05) is 0 Å². The number of ether oxygens (including phenoxy) is 1. The molecule has 4 nitrogen and oxygen atoms in total. The van der Waals surface area contributed by atoms with Crippen LogP contribution in [-0.2, 0) is 9.53 Å². The molecule has 2 N–H and O–H groups in total. The van der Waals surface area contributed by atoms with Crippen LogP contribution < -0.4 is 5.32 Å². The van der Waals surface area contributed by atoms with Crippen LogP contribution in [0, 0.1) is 11.3 Å². The minimum Gasteiger partial charge on any atom is -0.389 e. The number of amides is 1. The number of aliphatic hydroxyl groups excluding tert-OH is 1. The van der Waals surface area contributed by atoms with E-state index in [-0.39, 0.29) is 19.1 Å². The highest BCUT2D eigenvalue weighted by atomic mass is 35.5. The number of carbonyl (C=O) groups excluding carboxylic acids is 1. The van der Waals surface area contributed by atoms with Crippen LogP contribution in [0.3, 0.4) is 0 Å². The first-order valence-electron chi connectivity index (χ1n) is 6.27. The number of hydrogen-bond acceptors (Lipinski definition) is 3. The SMILES string of the molecule is CC1(C(=O)NCC(O)COCC2CC2)CC1(Cl)Cl. The summed E-state index contributed by atoms with van der Waals surface area (Å²) in [5, 5.41) is 12.3. The summed E-state index contributed by atoms with van der Waals surface area (Å²) in [6.45, 7) is 2.84. The van der Waals surface area contributed by atoms with E-state index in [1.54, 1.807) is 6.92 Å². The maximum atomic E-state index is 11.8. The van der Waals surface area contributed by atoms with E-state index in [1.165, 1.54) is 12.8 Å². The van der Waals surface area contributed by atoms with Gasteiger partial charge < -0.3 is 15.2 Å². The van der Waals surface area contributed by atoms with E-state index in [0.717, 1.165) is 0 Å². The molecule has 0 aromatic rings. The third-order valence-corrected chi connectivity index (χ3v) is 4.72. The topological polar surface area (TPSA) is 58.6 Å². The monoisotopic (exact) mass is 295 g/mol. The predicted molar refractivity (Wildman–Crippen MR) is 69.7 cm³/mol. The molecule has 2 aliphatic carbocycles. The van der Waals surface area contributed by atoms with Gasteiger partial charge in [-0.15, -0.1) is 23.2 Å². The molecule has 2 unspecified atom stereocenters. The Morgan fingerprint density at radius 3 is 2.67 bits per heavy atom. The molecule has 1 amide bonds. The van der Waals surface area contributed by atoms with E-state index in [1.807, 2.05) is 0 Å². The highest BCUT2D eigenvalue weighted by Crippen LogP contribution is 2.63. The molecule has 2 rings (SSSR count). The Morgan fingerprint density at radius 1 is 1.56 bits per heavy atom. The number of carbonyl (C=O) groups is 1. The Balaban J connectivity index is 1.60. The average molecular weight is 296 g/mol. The van der Waals surface area contributed by atoms with Crippen molar-refractivity contribution >= 4 is 29.1 Å². The zero-order chi connectivity index (χ0) is 13.4. The van der Waals surface area contributed by atoms with E-state index in [4.69, 9.17) is 27.9 Å². The summed E-state index contributed by atoms with van der Waals surface area (Å²) in [5.41, 5.74) is -0.731. The number of aliphatic hydroxyl groups is 1. The van der Waals surface area contributed by atoms with Gasteiger partial charge in [-0.05, 0) is 32.1 Å². The first kappa shape index (κ1) is 14.4. The minimum atomic E-state index is -0.968. The lowest BCUT2D eigenvalue weighted by Crippen LogP contribution is -2.39. The Kier molecular flexibility index (Phi) is 4.12. The summed E-state index contributed by atoms with van der Waals surface area (Å²) in [6, 6.07) is 0. The van der Waals surface area contributed by atoms with Gasteiger partial charge in [0.15, 0.2) is 0 Å². The third-order valence-electron chi connectivity index (χ3n) is 3.62. The Bertz CT molecular complexity index is 333. The van der Waals surface area contributed by atoms with Crippen molar-refractivity contribution in [3.8, 4) is 0 Å². The smallest absolute Gasteiger partial charge is 0.229 e. The van der Waals surface area contributed by atoms with E-state index in [9.17, 15) is 9.90 Å². The Morgan fingerprint density at radius 2 is 2.17 bits per heavy atom. The van der Waals surface area contributed by atoms with E-state index in [0.29, 0.717) is 18.9 Å². The van der Waals surface area contributed by atoms with Crippen molar-refractivity contribution in [2.24, 2.45) is 11.3 Å². The lowest BCUT2D eigenvalue weighted by Gasteiger charge is -2.16. The van der Waals surface area contributed by atoms with Crippen molar-refractivity contribution in [2.75, 3.05) is 19.8 Å². The molecule has 6 heteroatoms. The van der Waals surface area contributed by atoms with Gasteiger partial charge in [-0.25, -0.2) is 0 Å². The van der Waals surface area contributed by atoms with Gasteiger partial charge in [-0.2, -0.15) is 0 Å². The summed E-state index contributed by atoms with van der Waals surface area (Å²) >= 11 is 11.8. The number of nitrogens with one attached hydrogen (secondary N) is 1. The fourth-order valence-electron chi connectivity index (χ4n) is 1.77. The second kappa shape index (κ2) is 5.16. The maximum Gasteiger partial charge on any atom is 0.229 e. The lowest BCUT2D eigenvalue weighted by atomic mass is 10.1. The van der Waals surface area contributed by atoms with Gasteiger partial charge in [0, 0.05) is 13.2 Å². The van der Waals surface area contributed by atoms with Gasteiger partial charge in [0.1, 0.15) is 4.33 Å². The van der Waals surface area contributed by atoms with Crippen molar-refractivity contribution in [1.29, 1.82) is 0 Å². The van der Waals surface area contributed by atoms with Crippen molar-refractivity contribution in [1.82, 2.24) is 5.32 Å². The van der Waals surface area contributed by atoms with Crippen molar-refractivity contribution in [3.63, 3.8) is 0 Å². The van der Waals surface area contributed by atoms with Crippen LogP contribution in [0.5, 0.6) is 0 Å². The van der Waals surface area contributed by atoms with Crippen LogP contribution in [0.4, 0.5) is 0 Å². The number of rotatable bonds is 7. The largest absolute Gasteiger partial charge is 0.389 e. The molecule has 0 heterocycles. The number of hydrogen-bond donors (Lipinski definition) is 2. The zero-order valence-electron chi connectivity index (χ0n) is 10.4. The molecular formula is C12H19Cl2NO3. The molecule has 0 bridgehead atoms. The first-order valence-corrected chi connectivity index (χ1v) is 7.03. The molecule has 0 radical (unpaired) electrons. The van der Waals surface area contributed by atoms with Gasteiger partial charge >= 0.3 is 0 Å². The second-order valence-electron chi connectivity index (χ2n) is 5.56. The van der Waals surface area contributed by atoms with Crippen LogP contribution in [0.25, 0.3) is 0 Å². The molecule has 2 atom stereocenters. The second-order valence-corrected chi connectivity index (χ2v) is 7.04. The van der Waals surface area contributed by atoms with Crippen molar-refractivity contribution in [3.05, 3.63) is 0 Å². The third kappa shape index (κ3) is 3.29. The number of alkyl halides is 2. The van der Waals surface area contributed by atoms with Gasteiger partial charge in [-0.3, -0.25) is 4.79 Å². The van der Waals surface area contributed by atoms with E-state index >= 15 is 0 Å². The standard InChI is InChI=1S/C12H19Cl2NO3/c1-11(7-12(11,13)14)10(17)15-4-9(16)6-18-5-8-2-3-8/h8-9,16H,2-7H2,1H3,(H,15,17). The Hall–Kier alpha value is -0.0300. The summed E-state index contributed by atoms with van der Waals surface area (Å²) in [5.74, 6) is 0.457. The summed E-state index contributed by atoms with van der Waals surface area (Å²) < 4.78 is 4.37. The number of halogens is 2. The highest BCUT2D eigenvalue weighted by Gasteiger charge is 2.67. The Labute approximate surface area is 117 Å². The summed E-state index contributed by atoms with van der Waals surface area (Å²) in [4.78, 5) is 11.8. The molecule has 0 aliphatic heterocycles. The van der Waals surface area contributed by atoms with Crippen molar-refractivity contribution in [2.45, 2.75) is 36.6 Å². The van der Waals surface area contributed by atoms with Crippen LogP contribution in [-0.4, -0.2) is 41.2 Å². The molecule has 2 fully saturated rings. The maximum absolute atomic E-state index is 11.8. The normalized spacial score (nSPS) is 30.9. The fraction of sp³-hybridized carbons (Fsp3) is 0.917. The molecular weight excluding hydrogens is 277 g/mol. The first-order chi connectivity index (χ1) is 8.35. The summed E-state index contributed by atoms with van der Waals surface area (Å²) in [6.07, 6.45) is 2.20. The van der Waals surface area contributed by atoms with Gasteiger partial charge in [0.25, 0.3) is 0 Å². The molecule has 0 saturated heterocycles. The van der Waals surface area contributed by atoms with Crippen molar-refractivity contribution < 1.29 is 14.6 Å². The molecule has 2 saturated carbocycles. The summed E-state index contributed by atoms with van der Waals surface area (Å²) in [7, 11) is 0. The molecule has 0 spiro atoms. The fourth-order valence-corrected chi connectivity index (χ4v) is 2.47. The zero-order valence-corrected chi connectivity index (χ0v) is 11.9. The minimum absolute atomic E-state index is 0.170. The molecule has 104 valence electrons. The average Bonchev–Trinajstić information content (AvgIpc) is 3.16. The van der Waals surface area contributed by atoms with E-state index in [2.05, 4.69) is 5.32 Å².